The zero-order valence-electron chi connectivity index (χ0n) is 12.8. The molecule has 5 rings (SSSR count). The van der Waals surface area contributed by atoms with E-state index in [1.165, 1.54) is 0 Å². The van der Waals surface area contributed by atoms with Gasteiger partial charge in [-0.15, -0.1) is 0 Å². The highest BCUT2D eigenvalue weighted by molar-refractivity contribution is 5.77. The van der Waals surface area contributed by atoms with Crippen LogP contribution >= 0.6 is 0 Å². The topological polar surface area (TPSA) is 57.4 Å². The van der Waals surface area contributed by atoms with Crippen LogP contribution in [0.4, 0.5) is 0 Å². The van der Waals surface area contributed by atoms with E-state index in [1.807, 2.05) is 48.6 Å². The SMILES string of the molecule is C1=Cc2cc3ccc(cc4nc(cc5ccc(cc1n2)[nH]5)C=C4)[nH]3.[AlH3]. The molecule has 2 aliphatic rings. The molecular weight excluding hydrogens is 323 g/mol. The van der Waals surface area contributed by atoms with Crippen LogP contribution in [0.2, 0.25) is 0 Å². The van der Waals surface area contributed by atoms with Gasteiger partial charge in [0.1, 0.15) is 0 Å². The van der Waals surface area contributed by atoms with Crippen molar-refractivity contribution in [2.75, 3.05) is 0 Å². The summed E-state index contributed by atoms with van der Waals surface area (Å²) in [7, 11) is 0. The van der Waals surface area contributed by atoms with Gasteiger partial charge < -0.3 is 9.97 Å². The molecule has 0 unspecified atom stereocenters. The number of aromatic amines is 2. The van der Waals surface area contributed by atoms with Gasteiger partial charge in [0.25, 0.3) is 0 Å². The van der Waals surface area contributed by atoms with Crippen LogP contribution in [0.1, 0.15) is 22.8 Å². The van der Waals surface area contributed by atoms with Gasteiger partial charge >= 0.3 is 0 Å². The molecule has 0 atom stereocenters. The molecule has 0 saturated carbocycles. The van der Waals surface area contributed by atoms with Gasteiger partial charge in [0.15, 0.2) is 17.4 Å². The van der Waals surface area contributed by atoms with Crippen LogP contribution in [0.25, 0.3) is 46.4 Å². The third-order valence-corrected chi connectivity index (χ3v) is 4.04. The Morgan fingerprint density at radius 3 is 1.04 bits per heavy atom. The highest BCUT2D eigenvalue weighted by atomic mass is 27.0. The first-order chi connectivity index (χ1) is 11.8. The fraction of sp³-hybridized carbons (Fsp3) is 0. The summed E-state index contributed by atoms with van der Waals surface area (Å²) in [5.41, 5.74) is 7.86. The second kappa shape index (κ2) is 6.21. The van der Waals surface area contributed by atoms with E-state index in [2.05, 4.69) is 44.2 Å². The van der Waals surface area contributed by atoms with Gasteiger partial charge in [0.05, 0.1) is 22.8 Å². The molecule has 8 bridgehead atoms. The first-order valence-corrected chi connectivity index (χ1v) is 7.85. The van der Waals surface area contributed by atoms with Crippen LogP contribution in [0.5, 0.6) is 0 Å². The van der Waals surface area contributed by atoms with E-state index in [0.717, 1.165) is 44.8 Å². The number of rotatable bonds is 0. The maximum absolute atomic E-state index is 4.63. The number of nitrogens with one attached hydrogen (secondary N) is 2. The van der Waals surface area contributed by atoms with Gasteiger partial charge in [-0.05, 0) is 72.8 Å². The Morgan fingerprint density at radius 1 is 0.480 bits per heavy atom. The van der Waals surface area contributed by atoms with E-state index >= 15 is 0 Å². The van der Waals surface area contributed by atoms with E-state index < -0.39 is 0 Å². The van der Waals surface area contributed by atoms with Crippen LogP contribution in [-0.4, -0.2) is 37.3 Å². The lowest BCUT2D eigenvalue weighted by Gasteiger charge is -1.85. The lowest BCUT2D eigenvalue weighted by atomic mass is 10.3. The fourth-order valence-electron chi connectivity index (χ4n) is 2.94. The molecule has 3 aromatic rings. The number of H-pyrrole nitrogens is 2. The molecule has 0 aliphatic carbocycles. The first kappa shape index (κ1) is 15.6. The van der Waals surface area contributed by atoms with E-state index in [0.29, 0.717) is 0 Å². The summed E-state index contributed by atoms with van der Waals surface area (Å²) >= 11 is 0. The summed E-state index contributed by atoms with van der Waals surface area (Å²) in [6, 6.07) is 16.4. The van der Waals surface area contributed by atoms with Crippen LogP contribution in [0, 0.1) is 0 Å². The van der Waals surface area contributed by atoms with E-state index in [9.17, 15) is 0 Å². The Labute approximate surface area is 155 Å². The molecule has 0 spiro atoms. The predicted octanol–water partition coefficient (Wildman–Crippen LogP) is 3.47. The Kier molecular flexibility index (Phi) is 3.89. The molecular formula is C20H17AlN4. The summed E-state index contributed by atoms with van der Waals surface area (Å²) in [6.07, 6.45) is 8.09. The molecule has 2 N–H and O–H groups in total. The molecule has 5 heteroatoms. The minimum atomic E-state index is 0. The third kappa shape index (κ3) is 3.20. The van der Waals surface area contributed by atoms with Gasteiger partial charge in [-0.25, -0.2) is 9.97 Å². The lowest BCUT2D eigenvalue weighted by Crippen LogP contribution is -1.75. The maximum atomic E-state index is 4.63. The zero-order valence-corrected chi connectivity index (χ0v) is 12.8. The zero-order chi connectivity index (χ0) is 15.9. The van der Waals surface area contributed by atoms with Crippen molar-refractivity contribution >= 4 is 63.7 Å². The fourth-order valence-corrected chi connectivity index (χ4v) is 2.94. The largest absolute Gasteiger partial charge is 0.355 e. The second-order valence-electron chi connectivity index (χ2n) is 5.91. The van der Waals surface area contributed by atoms with Crippen molar-refractivity contribution in [1.82, 2.24) is 19.9 Å². The van der Waals surface area contributed by atoms with Crippen molar-refractivity contribution in [2.45, 2.75) is 0 Å². The van der Waals surface area contributed by atoms with Crippen molar-refractivity contribution in [2.24, 2.45) is 0 Å². The molecule has 0 radical (unpaired) electrons. The Bertz CT molecular complexity index is 990. The quantitative estimate of drug-likeness (QED) is 0.424. The minimum absolute atomic E-state index is 0. The van der Waals surface area contributed by atoms with Gasteiger partial charge in [-0.3, -0.25) is 0 Å². The van der Waals surface area contributed by atoms with Crippen LogP contribution in [0.3, 0.4) is 0 Å². The summed E-state index contributed by atoms with van der Waals surface area (Å²) in [4.78, 5) is 16.0. The number of aromatic nitrogens is 4. The molecule has 0 saturated heterocycles. The number of hydrogen-bond donors (Lipinski definition) is 2. The number of nitrogens with zero attached hydrogens (tertiary/aromatic N) is 2. The predicted molar refractivity (Wildman–Crippen MR) is 109 cm³/mol. The van der Waals surface area contributed by atoms with Crippen molar-refractivity contribution in [1.29, 1.82) is 0 Å². The normalized spacial score (nSPS) is 12.2. The molecule has 120 valence electrons. The molecule has 5 heterocycles. The Hall–Kier alpha value is -2.87. The van der Waals surface area contributed by atoms with Crippen molar-refractivity contribution in [3.63, 3.8) is 0 Å². The highest BCUT2D eigenvalue weighted by Crippen LogP contribution is 2.16. The summed E-state index contributed by atoms with van der Waals surface area (Å²) in [5.74, 6) is 0. The monoisotopic (exact) mass is 340 g/mol. The molecule has 0 amide bonds. The maximum Gasteiger partial charge on any atom is 0.187 e. The van der Waals surface area contributed by atoms with E-state index in [-0.39, 0.29) is 17.4 Å². The van der Waals surface area contributed by atoms with Gasteiger partial charge in [-0.2, -0.15) is 0 Å². The van der Waals surface area contributed by atoms with Gasteiger partial charge in [0.2, 0.25) is 0 Å². The first-order valence-electron chi connectivity index (χ1n) is 7.85. The average molecular weight is 340 g/mol. The molecule has 4 nitrogen and oxygen atoms in total. The van der Waals surface area contributed by atoms with E-state index in [1.54, 1.807) is 0 Å². The lowest BCUT2D eigenvalue weighted by molar-refractivity contribution is 1.31. The Balaban J connectivity index is 0.00000157. The van der Waals surface area contributed by atoms with Crippen molar-refractivity contribution in [3.8, 4) is 0 Å². The summed E-state index contributed by atoms with van der Waals surface area (Å²) in [6.45, 7) is 0. The van der Waals surface area contributed by atoms with Crippen LogP contribution in [0.15, 0.2) is 48.5 Å². The third-order valence-electron chi connectivity index (χ3n) is 4.04. The smallest absolute Gasteiger partial charge is 0.187 e. The summed E-state index contributed by atoms with van der Waals surface area (Å²) < 4.78 is 0. The molecule has 2 aliphatic heterocycles. The molecule has 0 aromatic carbocycles. The van der Waals surface area contributed by atoms with Crippen LogP contribution in [-0.2, 0) is 0 Å². The van der Waals surface area contributed by atoms with Gasteiger partial charge in [0, 0.05) is 22.1 Å². The van der Waals surface area contributed by atoms with E-state index in [4.69, 9.17) is 0 Å². The minimum Gasteiger partial charge on any atom is -0.355 e. The standard InChI is InChI=1S/C20H14N4.Al.3H/c1-2-14-10-16-5-6-18(23-16)12-20-8-7-19(24-20)11-17-4-3-15(22-17)9-13(1)21-14;;;;/h1-12,21,24H;;;;. The van der Waals surface area contributed by atoms with Crippen molar-refractivity contribution in [3.05, 3.63) is 71.3 Å². The Morgan fingerprint density at radius 2 is 0.760 bits per heavy atom. The number of hydrogen-bond acceptors (Lipinski definition) is 2. The van der Waals surface area contributed by atoms with Crippen LogP contribution < -0.4 is 0 Å². The summed E-state index contributed by atoms with van der Waals surface area (Å²) in [5, 5.41) is 0. The molecule has 0 fully saturated rings. The number of fused-ring (bicyclic) bond motifs is 8. The highest BCUT2D eigenvalue weighted by Gasteiger charge is 2.00. The van der Waals surface area contributed by atoms with Crippen molar-refractivity contribution < 1.29 is 0 Å². The van der Waals surface area contributed by atoms with Gasteiger partial charge in [-0.1, -0.05) is 0 Å². The second-order valence-corrected chi connectivity index (χ2v) is 5.91. The average Bonchev–Trinajstić information content (AvgIpc) is 3.32. The molecule has 3 aromatic heterocycles. The molecule has 25 heavy (non-hydrogen) atoms.